The van der Waals surface area contributed by atoms with Gasteiger partial charge in [-0.2, -0.15) is 0 Å². The minimum absolute atomic E-state index is 0.197. The molecule has 0 aliphatic carbocycles. The van der Waals surface area contributed by atoms with Gasteiger partial charge < -0.3 is 10.1 Å². The molecule has 0 radical (unpaired) electrons. The summed E-state index contributed by atoms with van der Waals surface area (Å²) in [6.45, 7) is 3.27. The molecule has 0 aliphatic heterocycles. The lowest BCUT2D eigenvalue weighted by molar-refractivity contribution is 0.164. The van der Waals surface area contributed by atoms with Crippen LogP contribution in [0.4, 0.5) is 4.39 Å². The van der Waals surface area contributed by atoms with E-state index in [0.29, 0.717) is 13.2 Å². The van der Waals surface area contributed by atoms with Gasteiger partial charge in [-0.05, 0) is 18.1 Å². The van der Waals surface area contributed by atoms with Gasteiger partial charge in [0.2, 0.25) is 0 Å². The predicted octanol–water partition coefficient (Wildman–Crippen LogP) is 2.99. The monoisotopic (exact) mass is 245 g/mol. The molecule has 0 bridgehead atoms. The fourth-order valence-electron chi connectivity index (χ4n) is 1.46. The SMILES string of the molecule is CCC(COC)NCc1cccc(F)c1Cl. The second-order valence-electron chi connectivity index (χ2n) is 3.65. The highest BCUT2D eigenvalue weighted by atomic mass is 35.5. The number of nitrogens with one attached hydrogen (secondary N) is 1. The Morgan fingerprint density at radius 2 is 2.25 bits per heavy atom. The minimum Gasteiger partial charge on any atom is -0.383 e. The highest BCUT2D eigenvalue weighted by molar-refractivity contribution is 6.31. The summed E-state index contributed by atoms with van der Waals surface area (Å²) in [7, 11) is 1.67. The summed E-state index contributed by atoms with van der Waals surface area (Å²) >= 11 is 5.85. The number of halogens is 2. The van der Waals surface area contributed by atoms with Gasteiger partial charge in [-0.3, -0.25) is 0 Å². The van der Waals surface area contributed by atoms with Crippen LogP contribution in [0.15, 0.2) is 18.2 Å². The number of rotatable bonds is 6. The lowest BCUT2D eigenvalue weighted by Gasteiger charge is -2.16. The molecule has 0 saturated heterocycles. The van der Waals surface area contributed by atoms with Crippen molar-refractivity contribution in [3.63, 3.8) is 0 Å². The van der Waals surface area contributed by atoms with Crippen molar-refractivity contribution >= 4 is 11.6 Å². The summed E-state index contributed by atoms with van der Waals surface area (Å²) in [5.74, 6) is -0.374. The van der Waals surface area contributed by atoms with Gasteiger partial charge in [0, 0.05) is 19.7 Å². The first-order valence-electron chi connectivity index (χ1n) is 5.34. The van der Waals surface area contributed by atoms with Gasteiger partial charge in [-0.1, -0.05) is 30.7 Å². The van der Waals surface area contributed by atoms with Crippen molar-refractivity contribution in [2.45, 2.75) is 25.9 Å². The van der Waals surface area contributed by atoms with Crippen LogP contribution in [0.25, 0.3) is 0 Å². The Kier molecular flexibility index (Phi) is 5.74. The average molecular weight is 246 g/mol. The normalized spacial score (nSPS) is 12.8. The van der Waals surface area contributed by atoms with Gasteiger partial charge in [-0.15, -0.1) is 0 Å². The van der Waals surface area contributed by atoms with Crippen molar-refractivity contribution in [1.82, 2.24) is 5.32 Å². The zero-order valence-electron chi connectivity index (χ0n) is 9.59. The number of benzene rings is 1. The summed E-state index contributed by atoms with van der Waals surface area (Å²) < 4.78 is 18.2. The summed E-state index contributed by atoms with van der Waals surface area (Å²) in [4.78, 5) is 0. The molecule has 0 amide bonds. The molecule has 0 fully saturated rings. The molecule has 0 aliphatic rings. The molecule has 1 aromatic rings. The number of hydrogen-bond acceptors (Lipinski definition) is 2. The van der Waals surface area contributed by atoms with E-state index in [0.717, 1.165) is 12.0 Å². The largest absolute Gasteiger partial charge is 0.383 e. The van der Waals surface area contributed by atoms with Gasteiger partial charge >= 0.3 is 0 Å². The summed E-state index contributed by atoms with van der Waals surface area (Å²) in [5, 5.41) is 3.48. The van der Waals surface area contributed by atoms with Crippen LogP contribution in [-0.4, -0.2) is 19.8 Å². The van der Waals surface area contributed by atoms with Gasteiger partial charge in [0.1, 0.15) is 5.82 Å². The summed E-state index contributed by atoms with van der Waals surface area (Å²) in [6.07, 6.45) is 0.959. The van der Waals surface area contributed by atoms with Gasteiger partial charge in [0.25, 0.3) is 0 Å². The van der Waals surface area contributed by atoms with E-state index in [1.807, 2.05) is 6.07 Å². The first kappa shape index (κ1) is 13.4. The molecule has 16 heavy (non-hydrogen) atoms. The molecule has 1 unspecified atom stereocenters. The van der Waals surface area contributed by atoms with E-state index < -0.39 is 0 Å². The number of methoxy groups -OCH3 is 1. The Morgan fingerprint density at radius 1 is 1.50 bits per heavy atom. The van der Waals surface area contributed by atoms with Crippen molar-refractivity contribution in [2.24, 2.45) is 0 Å². The molecule has 2 nitrogen and oxygen atoms in total. The predicted molar refractivity (Wildman–Crippen MR) is 64.2 cm³/mol. The smallest absolute Gasteiger partial charge is 0.142 e. The Bertz CT molecular complexity index is 333. The maximum Gasteiger partial charge on any atom is 0.142 e. The fourth-order valence-corrected chi connectivity index (χ4v) is 1.65. The Labute approximate surface area is 101 Å². The Morgan fingerprint density at radius 3 is 2.88 bits per heavy atom. The highest BCUT2D eigenvalue weighted by Gasteiger charge is 2.08. The van der Waals surface area contributed by atoms with Crippen molar-refractivity contribution in [3.8, 4) is 0 Å². The number of ether oxygens (including phenoxy) is 1. The van der Waals surface area contributed by atoms with E-state index in [-0.39, 0.29) is 16.9 Å². The van der Waals surface area contributed by atoms with E-state index in [2.05, 4.69) is 12.2 Å². The quantitative estimate of drug-likeness (QED) is 0.832. The van der Waals surface area contributed by atoms with Crippen LogP contribution in [-0.2, 0) is 11.3 Å². The second kappa shape index (κ2) is 6.84. The fraction of sp³-hybridized carbons (Fsp3) is 0.500. The third-order valence-electron chi connectivity index (χ3n) is 2.47. The van der Waals surface area contributed by atoms with Crippen LogP contribution in [0, 0.1) is 5.82 Å². The van der Waals surface area contributed by atoms with E-state index in [1.54, 1.807) is 13.2 Å². The lowest BCUT2D eigenvalue weighted by atomic mass is 10.2. The molecule has 0 saturated carbocycles. The summed E-state index contributed by atoms with van der Waals surface area (Å²) in [5.41, 5.74) is 0.774. The standard InChI is InChI=1S/C12H17ClFNO/c1-3-10(8-16-2)15-7-9-5-4-6-11(14)12(9)13/h4-6,10,15H,3,7-8H2,1-2H3. The van der Waals surface area contributed by atoms with Crippen LogP contribution >= 0.6 is 11.6 Å². The lowest BCUT2D eigenvalue weighted by Crippen LogP contribution is -2.32. The van der Waals surface area contributed by atoms with Crippen molar-refractivity contribution < 1.29 is 9.13 Å². The van der Waals surface area contributed by atoms with Crippen LogP contribution in [0.1, 0.15) is 18.9 Å². The van der Waals surface area contributed by atoms with E-state index in [4.69, 9.17) is 16.3 Å². The molecule has 4 heteroatoms. The van der Waals surface area contributed by atoms with Gasteiger partial charge in [0.05, 0.1) is 11.6 Å². The van der Waals surface area contributed by atoms with Crippen molar-refractivity contribution in [3.05, 3.63) is 34.6 Å². The second-order valence-corrected chi connectivity index (χ2v) is 4.03. The Hall–Kier alpha value is -0.640. The molecule has 0 heterocycles. The first-order valence-corrected chi connectivity index (χ1v) is 5.72. The number of hydrogen-bond donors (Lipinski definition) is 1. The Balaban J connectivity index is 2.56. The molecule has 1 N–H and O–H groups in total. The first-order chi connectivity index (χ1) is 7.69. The van der Waals surface area contributed by atoms with Crippen molar-refractivity contribution in [1.29, 1.82) is 0 Å². The molecule has 0 spiro atoms. The maximum atomic E-state index is 13.1. The van der Waals surface area contributed by atoms with Crippen LogP contribution in [0.3, 0.4) is 0 Å². The van der Waals surface area contributed by atoms with Crippen LogP contribution < -0.4 is 5.32 Å². The molecular weight excluding hydrogens is 229 g/mol. The van der Waals surface area contributed by atoms with E-state index in [1.165, 1.54) is 6.07 Å². The van der Waals surface area contributed by atoms with E-state index >= 15 is 0 Å². The average Bonchev–Trinajstić information content (AvgIpc) is 2.29. The molecule has 1 atom stereocenters. The maximum absolute atomic E-state index is 13.1. The third-order valence-corrected chi connectivity index (χ3v) is 2.90. The minimum atomic E-state index is -0.374. The highest BCUT2D eigenvalue weighted by Crippen LogP contribution is 2.19. The van der Waals surface area contributed by atoms with E-state index in [9.17, 15) is 4.39 Å². The third kappa shape index (κ3) is 3.74. The zero-order valence-corrected chi connectivity index (χ0v) is 10.4. The van der Waals surface area contributed by atoms with Gasteiger partial charge in [-0.25, -0.2) is 4.39 Å². The molecular formula is C12H17ClFNO. The van der Waals surface area contributed by atoms with Crippen LogP contribution in [0.2, 0.25) is 5.02 Å². The van der Waals surface area contributed by atoms with Crippen LogP contribution in [0.5, 0.6) is 0 Å². The van der Waals surface area contributed by atoms with Crippen molar-refractivity contribution in [2.75, 3.05) is 13.7 Å². The zero-order chi connectivity index (χ0) is 12.0. The topological polar surface area (TPSA) is 21.3 Å². The molecule has 90 valence electrons. The molecule has 1 aromatic carbocycles. The molecule has 0 aromatic heterocycles. The van der Waals surface area contributed by atoms with Gasteiger partial charge in [0.15, 0.2) is 0 Å². The summed E-state index contributed by atoms with van der Waals surface area (Å²) in [6, 6.07) is 5.11. The molecule has 1 rings (SSSR count).